The van der Waals surface area contributed by atoms with Crippen LogP contribution in [0.4, 0.5) is 11.4 Å². The highest BCUT2D eigenvalue weighted by Gasteiger charge is 2.30. The monoisotopic (exact) mass is 1260 g/mol. The summed E-state index contributed by atoms with van der Waals surface area (Å²) in [7, 11) is 0. The summed E-state index contributed by atoms with van der Waals surface area (Å²) < 4.78 is 47.4. The lowest BCUT2D eigenvalue weighted by molar-refractivity contribution is -0.146. The first-order valence-corrected chi connectivity index (χ1v) is 29.9. The Bertz CT molecular complexity index is 3550. The van der Waals surface area contributed by atoms with Crippen molar-refractivity contribution in [3.8, 4) is 34.5 Å². The van der Waals surface area contributed by atoms with E-state index in [9.17, 15) is 39.0 Å². The molecule has 2 aliphatic heterocycles. The van der Waals surface area contributed by atoms with Crippen molar-refractivity contribution in [1.29, 1.82) is 0 Å². The van der Waals surface area contributed by atoms with E-state index in [1.165, 1.54) is 42.5 Å². The van der Waals surface area contributed by atoms with Crippen LogP contribution in [0.1, 0.15) is 104 Å². The summed E-state index contributed by atoms with van der Waals surface area (Å²) in [6, 6.07) is 30.4. The van der Waals surface area contributed by atoms with E-state index < -0.39 is 86.0 Å². The Morgan fingerprint density at radius 1 is 0.413 bits per heavy atom. The van der Waals surface area contributed by atoms with Gasteiger partial charge in [0.1, 0.15) is 58.0 Å². The Balaban J connectivity index is 1.34. The zero-order valence-corrected chi connectivity index (χ0v) is 51.1. The molecule has 0 spiro atoms. The number of anilines is 2. The van der Waals surface area contributed by atoms with Crippen LogP contribution in [0.5, 0.6) is 34.5 Å². The van der Waals surface area contributed by atoms with E-state index in [0.29, 0.717) is 55.6 Å². The molecular formula is C69H69N5O18. The molecule has 6 N–H and O–H groups in total. The van der Waals surface area contributed by atoms with Crippen LogP contribution in [0.3, 0.4) is 0 Å². The van der Waals surface area contributed by atoms with Gasteiger partial charge >= 0.3 is 23.9 Å². The molecule has 12 bridgehead atoms. The standard InChI is InChI=1S/C69H69N5O18/c1-5-85-58(77)36-89-62-42-12-9-13-43(62)29-47-33-51-35-49(65(47)92-39-61(80)88-8-4)31-45-15-10-14-44(63(45)90-37-59(78)86-6-2)30-48-34-50(32-46(28-42)64(48)91-38-60(79)87-7-3)70-68(83)56(26-40-18-22-52(75)23-19-40)73-66(81)54-16-11-17-55(72-54)67(82)74-57(69(84)71-51)27-41-20-24-53(76)25-21-41/h9-25,32-35,56-57,75-76H,5-8,26-31,36-39H2,1-4H3,(H,70,83)(H,71,84)(H,73,81)(H,74,82)/t56-,57-/m0/s1. The van der Waals surface area contributed by atoms with E-state index >= 15 is 9.59 Å². The van der Waals surface area contributed by atoms with Crippen molar-refractivity contribution in [2.45, 2.75) is 78.3 Å². The molecule has 4 amide bonds. The Morgan fingerprint density at radius 3 is 0.989 bits per heavy atom. The van der Waals surface area contributed by atoms with E-state index in [1.54, 1.807) is 113 Å². The van der Waals surface area contributed by atoms with Crippen molar-refractivity contribution in [2.75, 3.05) is 63.5 Å². The van der Waals surface area contributed by atoms with Gasteiger partial charge in [-0.2, -0.15) is 0 Å². The minimum atomic E-state index is -1.38. The summed E-state index contributed by atoms with van der Waals surface area (Å²) in [5, 5.41) is 32.1. The van der Waals surface area contributed by atoms with Crippen molar-refractivity contribution < 1.29 is 86.5 Å². The third-order valence-corrected chi connectivity index (χ3v) is 14.7. The van der Waals surface area contributed by atoms with E-state index in [1.807, 2.05) is 0 Å². The van der Waals surface area contributed by atoms with Crippen molar-refractivity contribution in [1.82, 2.24) is 15.6 Å². The van der Waals surface area contributed by atoms with Gasteiger partial charge in [0.15, 0.2) is 26.4 Å². The molecule has 2 atom stereocenters. The fourth-order valence-corrected chi connectivity index (χ4v) is 10.7. The van der Waals surface area contributed by atoms with Gasteiger partial charge in [0.25, 0.3) is 11.8 Å². The molecular weight excluding hydrogens is 1190 g/mol. The van der Waals surface area contributed by atoms with Gasteiger partial charge in [0.2, 0.25) is 11.8 Å². The summed E-state index contributed by atoms with van der Waals surface area (Å²) in [5.74, 6) is -5.38. The van der Waals surface area contributed by atoms with Crippen LogP contribution < -0.4 is 40.2 Å². The van der Waals surface area contributed by atoms with Gasteiger partial charge in [-0.25, -0.2) is 24.2 Å². The number of phenolic OH excluding ortho intramolecular Hbond substituents is 2. The number of ether oxygens (including phenoxy) is 8. The van der Waals surface area contributed by atoms with Gasteiger partial charge in [-0.15, -0.1) is 0 Å². The molecule has 7 aromatic rings. The number of para-hydroxylation sites is 2. The molecule has 478 valence electrons. The molecule has 3 heterocycles. The normalized spacial score (nSPS) is 14.6. The summed E-state index contributed by atoms with van der Waals surface area (Å²) >= 11 is 0. The predicted molar refractivity (Wildman–Crippen MR) is 333 cm³/mol. The molecule has 0 fully saturated rings. The zero-order valence-electron chi connectivity index (χ0n) is 51.1. The van der Waals surface area contributed by atoms with Crippen molar-refractivity contribution >= 4 is 58.9 Å². The third kappa shape index (κ3) is 17.2. The van der Waals surface area contributed by atoms with Crippen molar-refractivity contribution in [3.63, 3.8) is 0 Å². The lowest BCUT2D eigenvalue weighted by atomic mass is 9.90. The SMILES string of the molecule is CCOC(=O)COc1c2cccc1Cc1cc3cc(c1OCC(=O)OCC)Cc1cccc(c1OCC(=O)OCC)Cc1cc(cc(c1OCC(=O)OCC)C2)NC(=O)[C@H](Cc1ccc(O)cc1)NC(=O)c1cccc(n1)C(=O)N[C@@H](Cc1ccc(O)cc1)C(=O)N3. The molecule has 3 aliphatic rings. The highest BCUT2D eigenvalue weighted by molar-refractivity contribution is 6.03. The molecule has 6 aromatic carbocycles. The first-order valence-electron chi connectivity index (χ1n) is 29.9. The maximum atomic E-state index is 15.2. The zero-order chi connectivity index (χ0) is 65.3. The maximum absolute atomic E-state index is 15.2. The number of fused-ring (bicyclic) bond motifs is 8. The Hall–Kier alpha value is -11.0. The molecule has 1 aromatic heterocycles. The average molecular weight is 1260 g/mol. The van der Waals surface area contributed by atoms with Gasteiger partial charge in [0.05, 0.1) is 26.4 Å². The Labute approximate surface area is 529 Å². The smallest absolute Gasteiger partial charge is 0.344 e. The van der Waals surface area contributed by atoms with Crippen LogP contribution in [0.25, 0.3) is 0 Å². The fraction of sp³-hybridized carbons (Fsp3) is 0.290. The number of phenols is 2. The van der Waals surface area contributed by atoms with Gasteiger partial charge in [-0.1, -0.05) is 66.7 Å². The molecule has 10 rings (SSSR count). The number of nitrogens with one attached hydrogen (secondary N) is 4. The van der Waals surface area contributed by atoms with Crippen molar-refractivity contribution in [3.05, 3.63) is 194 Å². The summed E-state index contributed by atoms with van der Waals surface area (Å²) in [5.41, 5.74) is 4.08. The third-order valence-electron chi connectivity index (χ3n) is 14.7. The number of rotatable bonds is 20. The van der Waals surface area contributed by atoms with Crippen LogP contribution >= 0.6 is 0 Å². The molecule has 23 nitrogen and oxygen atoms in total. The first kappa shape index (κ1) is 65.5. The van der Waals surface area contributed by atoms with E-state index in [0.717, 1.165) is 0 Å². The fourth-order valence-electron chi connectivity index (χ4n) is 10.7. The number of carbonyl (C=O) groups excluding carboxylic acids is 8. The van der Waals surface area contributed by atoms with Crippen LogP contribution in [-0.4, -0.2) is 128 Å². The molecule has 0 saturated heterocycles. The number of aromatic nitrogens is 1. The Kier molecular flexibility index (Phi) is 22.0. The highest BCUT2D eigenvalue weighted by atomic mass is 16.6. The number of aromatic hydroxyl groups is 2. The minimum absolute atomic E-state index is 0.0422. The quantitative estimate of drug-likeness (QED) is 0.0324. The summed E-state index contributed by atoms with van der Waals surface area (Å²) in [4.78, 5) is 117. The number of nitrogens with zero attached hydrogens (tertiary/aromatic N) is 1. The van der Waals surface area contributed by atoms with E-state index in [4.69, 9.17) is 37.9 Å². The summed E-state index contributed by atoms with van der Waals surface area (Å²) in [6.45, 7) is 4.49. The maximum Gasteiger partial charge on any atom is 0.344 e. The minimum Gasteiger partial charge on any atom is -0.508 e. The first-order chi connectivity index (χ1) is 44.5. The lowest BCUT2D eigenvalue weighted by Crippen LogP contribution is -2.46. The second-order valence-electron chi connectivity index (χ2n) is 21.3. The van der Waals surface area contributed by atoms with Crippen LogP contribution in [0, 0.1) is 0 Å². The molecule has 0 saturated carbocycles. The predicted octanol–water partition coefficient (Wildman–Crippen LogP) is 7.21. The number of benzene rings is 6. The second-order valence-corrected chi connectivity index (χ2v) is 21.3. The molecule has 1 aliphatic carbocycles. The summed E-state index contributed by atoms with van der Waals surface area (Å²) in [6.07, 6.45) is -0.634. The second kappa shape index (κ2) is 31.0. The molecule has 23 heteroatoms. The average Bonchev–Trinajstić information content (AvgIpc) is 0.847. The molecule has 0 radical (unpaired) electrons. The number of esters is 4. The highest BCUT2D eigenvalue weighted by Crippen LogP contribution is 2.41. The van der Waals surface area contributed by atoms with Gasteiger partial charge in [0, 0.05) is 72.2 Å². The largest absolute Gasteiger partial charge is 0.508 e. The number of carbonyl (C=O) groups is 8. The van der Waals surface area contributed by atoms with E-state index in [2.05, 4.69) is 26.3 Å². The topological polar surface area (TPSA) is 312 Å². The van der Waals surface area contributed by atoms with Crippen LogP contribution in [0.2, 0.25) is 0 Å². The van der Waals surface area contributed by atoms with Gasteiger partial charge in [-0.05, 0) is 122 Å². The Morgan fingerprint density at radius 2 is 0.696 bits per heavy atom. The van der Waals surface area contributed by atoms with E-state index in [-0.39, 0.29) is 122 Å². The number of pyridine rings is 1. The molecule has 0 unspecified atom stereocenters. The molecule has 92 heavy (non-hydrogen) atoms. The van der Waals surface area contributed by atoms with Crippen molar-refractivity contribution in [2.24, 2.45) is 0 Å². The van der Waals surface area contributed by atoms with Gasteiger partial charge in [-0.3, -0.25) is 19.2 Å². The number of hydrogen-bond acceptors (Lipinski definition) is 19. The van der Waals surface area contributed by atoms with Crippen LogP contribution in [-0.2, 0) is 86.2 Å². The van der Waals surface area contributed by atoms with Gasteiger partial charge < -0.3 is 69.4 Å². The number of hydrogen-bond donors (Lipinski definition) is 6. The number of amides is 4. The van der Waals surface area contributed by atoms with Crippen LogP contribution in [0.15, 0.2) is 127 Å². The lowest BCUT2D eigenvalue weighted by Gasteiger charge is -2.24.